The number of likely N-dealkylation sites (N-methyl/N-ethyl adjacent to an activating group) is 1. The van der Waals surface area contributed by atoms with E-state index in [1.54, 1.807) is 0 Å². The van der Waals surface area contributed by atoms with Crippen LogP contribution in [0.15, 0.2) is 36.4 Å². The van der Waals surface area contributed by atoms with E-state index in [9.17, 15) is 8.78 Å². The lowest BCUT2D eigenvalue weighted by atomic mass is 9.98. The summed E-state index contributed by atoms with van der Waals surface area (Å²) in [6.45, 7) is 2.60. The Morgan fingerprint density at radius 1 is 1.14 bits per heavy atom. The zero-order chi connectivity index (χ0) is 15.4. The maximum absolute atomic E-state index is 14.1. The van der Waals surface area contributed by atoms with E-state index in [1.165, 1.54) is 6.07 Å². The average molecular weight is 422 g/mol. The number of nitrogens with one attached hydrogen (secondary N) is 1. The number of rotatable bonds is 5. The Morgan fingerprint density at radius 2 is 1.81 bits per heavy atom. The quantitative estimate of drug-likeness (QED) is 0.522. The van der Waals surface area contributed by atoms with Crippen LogP contribution < -0.4 is 5.32 Å². The van der Waals surface area contributed by atoms with Crippen LogP contribution in [0.1, 0.15) is 24.1 Å². The molecule has 0 saturated heterocycles. The van der Waals surface area contributed by atoms with Crippen LogP contribution in [0.2, 0.25) is 5.02 Å². The lowest BCUT2D eigenvalue weighted by molar-refractivity contribution is 0.502. The van der Waals surface area contributed by atoms with Gasteiger partial charge in [0.25, 0.3) is 0 Å². The lowest BCUT2D eigenvalue weighted by Gasteiger charge is -2.19. The van der Waals surface area contributed by atoms with Gasteiger partial charge in [0, 0.05) is 15.2 Å². The molecule has 0 bridgehead atoms. The van der Waals surface area contributed by atoms with Crippen LogP contribution in [0.4, 0.5) is 8.78 Å². The maximum Gasteiger partial charge on any atom is 0.142 e. The molecule has 0 amide bonds. The predicted octanol–water partition coefficient (Wildman–Crippen LogP) is 5.12. The standard InChI is InChI=1S/C16H15ClF2IN/c1-2-21-16(7-10-3-5-11(20)6-4-10)12-8-15(19)13(17)9-14(12)18/h3-6,8-9,16,21H,2,7H2,1H3. The van der Waals surface area contributed by atoms with Gasteiger partial charge in [-0.15, -0.1) is 0 Å². The fourth-order valence-electron chi connectivity index (χ4n) is 2.20. The van der Waals surface area contributed by atoms with Crippen molar-refractivity contribution in [2.75, 3.05) is 6.54 Å². The molecule has 112 valence electrons. The van der Waals surface area contributed by atoms with Gasteiger partial charge in [-0.25, -0.2) is 8.78 Å². The molecule has 1 N–H and O–H groups in total. The van der Waals surface area contributed by atoms with Crippen molar-refractivity contribution in [3.05, 3.63) is 67.8 Å². The highest BCUT2D eigenvalue weighted by Crippen LogP contribution is 2.26. The Balaban J connectivity index is 2.30. The van der Waals surface area contributed by atoms with Crippen LogP contribution in [0.3, 0.4) is 0 Å². The second-order valence-electron chi connectivity index (χ2n) is 4.73. The molecule has 0 aliphatic rings. The summed E-state index contributed by atoms with van der Waals surface area (Å²) >= 11 is 7.84. The van der Waals surface area contributed by atoms with E-state index >= 15 is 0 Å². The molecule has 21 heavy (non-hydrogen) atoms. The van der Waals surface area contributed by atoms with E-state index in [4.69, 9.17) is 11.6 Å². The Morgan fingerprint density at radius 3 is 2.43 bits per heavy atom. The van der Waals surface area contributed by atoms with Crippen molar-refractivity contribution in [3.8, 4) is 0 Å². The second-order valence-corrected chi connectivity index (χ2v) is 6.38. The van der Waals surface area contributed by atoms with E-state index < -0.39 is 11.6 Å². The van der Waals surface area contributed by atoms with Gasteiger partial charge in [0.15, 0.2) is 0 Å². The van der Waals surface area contributed by atoms with Gasteiger partial charge in [-0.3, -0.25) is 0 Å². The SMILES string of the molecule is CCNC(Cc1ccc(I)cc1)c1cc(F)c(Cl)cc1F. The van der Waals surface area contributed by atoms with Crippen molar-refractivity contribution >= 4 is 34.2 Å². The van der Waals surface area contributed by atoms with Crippen molar-refractivity contribution < 1.29 is 8.78 Å². The molecule has 2 aromatic rings. The van der Waals surface area contributed by atoms with Gasteiger partial charge in [0.05, 0.1) is 5.02 Å². The highest BCUT2D eigenvalue weighted by Gasteiger charge is 2.18. The van der Waals surface area contributed by atoms with E-state index in [0.29, 0.717) is 18.5 Å². The second kappa shape index (κ2) is 7.51. The van der Waals surface area contributed by atoms with Crippen molar-refractivity contribution in [1.29, 1.82) is 0 Å². The Labute approximate surface area is 141 Å². The summed E-state index contributed by atoms with van der Waals surface area (Å²) in [4.78, 5) is 0. The van der Waals surface area contributed by atoms with Gasteiger partial charge < -0.3 is 5.32 Å². The summed E-state index contributed by atoms with van der Waals surface area (Å²) in [5.74, 6) is -1.09. The predicted molar refractivity (Wildman–Crippen MR) is 90.6 cm³/mol. The number of hydrogen-bond donors (Lipinski definition) is 1. The maximum atomic E-state index is 14.1. The monoisotopic (exact) mass is 421 g/mol. The van der Waals surface area contributed by atoms with Crippen LogP contribution >= 0.6 is 34.2 Å². The largest absolute Gasteiger partial charge is 0.310 e. The molecule has 0 radical (unpaired) electrons. The third-order valence-electron chi connectivity index (χ3n) is 3.22. The van der Waals surface area contributed by atoms with Crippen molar-refractivity contribution in [1.82, 2.24) is 5.32 Å². The van der Waals surface area contributed by atoms with Crippen molar-refractivity contribution in [2.24, 2.45) is 0 Å². The fourth-order valence-corrected chi connectivity index (χ4v) is 2.71. The summed E-state index contributed by atoms with van der Waals surface area (Å²) in [5, 5.41) is 3.00. The molecule has 2 rings (SSSR count). The Hall–Kier alpha value is -0.720. The minimum absolute atomic E-state index is 0.194. The molecule has 5 heteroatoms. The first-order valence-electron chi connectivity index (χ1n) is 6.63. The molecule has 0 saturated carbocycles. The van der Waals surface area contributed by atoms with Gasteiger partial charge in [0.1, 0.15) is 11.6 Å². The first-order valence-corrected chi connectivity index (χ1v) is 8.09. The van der Waals surface area contributed by atoms with E-state index in [0.717, 1.165) is 15.2 Å². The molecule has 1 unspecified atom stereocenters. The van der Waals surface area contributed by atoms with Crippen LogP contribution in [0, 0.1) is 15.2 Å². The molecule has 1 nitrogen and oxygen atoms in total. The molecular formula is C16H15ClF2IN. The highest BCUT2D eigenvalue weighted by molar-refractivity contribution is 14.1. The third kappa shape index (κ3) is 4.37. The van der Waals surface area contributed by atoms with E-state index in [1.807, 2.05) is 31.2 Å². The number of halogens is 4. The molecule has 0 aliphatic heterocycles. The first-order chi connectivity index (χ1) is 10.0. The van der Waals surface area contributed by atoms with Crippen molar-refractivity contribution in [3.63, 3.8) is 0 Å². The molecule has 1 atom stereocenters. The summed E-state index contributed by atoms with van der Waals surface area (Å²) in [7, 11) is 0. The Bertz CT molecular complexity index is 616. The number of benzene rings is 2. The molecule has 0 aromatic heterocycles. The zero-order valence-electron chi connectivity index (χ0n) is 11.5. The van der Waals surface area contributed by atoms with Gasteiger partial charge in [-0.1, -0.05) is 30.7 Å². The van der Waals surface area contributed by atoms with E-state index in [2.05, 4.69) is 27.9 Å². The molecule has 2 aromatic carbocycles. The highest BCUT2D eigenvalue weighted by atomic mass is 127. The van der Waals surface area contributed by atoms with E-state index in [-0.39, 0.29) is 11.1 Å². The van der Waals surface area contributed by atoms with Crippen LogP contribution in [0.25, 0.3) is 0 Å². The van der Waals surface area contributed by atoms with Gasteiger partial charge in [-0.2, -0.15) is 0 Å². The van der Waals surface area contributed by atoms with Gasteiger partial charge in [-0.05, 0) is 65.4 Å². The smallest absolute Gasteiger partial charge is 0.142 e. The average Bonchev–Trinajstić information content (AvgIpc) is 2.45. The molecule has 0 fully saturated rings. The summed E-state index contributed by atoms with van der Waals surface area (Å²) < 4.78 is 28.8. The van der Waals surface area contributed by atoms with Crippen LogP contribution in [0.5, 0.6) is 0 Å². The van der Waals surface area contributed by atoms with Crippen LogP contribution in [-0.4, -0.2) is 6.54 Å². The minimum Gasteiger partial charge on any atom is -0.310 e. The van der Waals surface area contributed by atoms with Crippen molar-refractivity contribution in [2.45, 2.75) is 19.4 Å². The topological polar surface area (TPSA) is 12.0 Å². The molecule has 0 heterocycles. The minimum atomic E-state index is -0.599. The lowest BCUT2D eigenvalue weighted by Crippen LogP contribution is -2.24. The molecule has 0 spiro atoms. The normalized spacial score (nSPS) is 12.4. The zero-order valence-corrected chi connectivity index (χ0v) is 14.4. The molecule has 0 aliphatic carbocycles. The third-order valence-corrected chi connectivity index (χ3v) is 4.23. The summed E-state index contributed by atoms with van der Waals surface area (Å²) in [6, 6.07) is 9.91. The number of hydrogen-bond acceptors (Lipinski definition) is 1. The van der Waals surface area contributed by atoms with Crippen LogP contribution in [-0.2, 0) is 6.42 Å². The van der Waals surface area contributed by atoms with Gasteiger partial charge >= 0.3 is 0 Å². The summed E-state index contributed by atoms with van der Waals surface area (Å²) in [6.07, 6.45) is 0.586. The Kier molecular flexibility index (Phi) is 5.96. The fraction of sp³-hybridized carbons (Fsp3) is 0.250. The summed E-state index contributed by atoms with van der Waals surface area (Å²) in [5.41, 5.74) is 1.37. The molecular weight excluding hydrogens is 407 g/mol. The first kappa shape index (κ1) is 16.6. The van der Waals surface area contributed by atoms with Gasteiger partial charge in [0.2, 0.25) is 0 Å².